The van der Waals surface area contributed by atoms with Crippen molar-refractivity contribution < 1.29 is 5.11 Å². The molecule has 2 N–H and O–H groups in total. The van der Waals surface area contributed by atoms with E-state index >= 15 is 0 Å². The largest absolute Gasteiger partial charge is 0.393 e. The lowest BCUT2D eigenvalue weighted by Crippen LogP contribution is -2.31. The summed E-state index contributed by atoms with van der Waals surface area (Å²) in [6.07, 6.45) is 0.609. The maximum Gasteiger partial charge on any atom is 0.0528 e. The van der Waals surface area contributed by atoms with E-state index in [1.54, 1.807) is 0 Å². The van der Waals surface area contributed by atoms with Crippen LogP contribution in [0.5, 0.6) is 0 Å². The molecule has 1 aromatic carbocycles. The van der Waals surface area contributed by atoms with Crippen molar-refractivity contribution in [3.8, 4) is 0 Å². The van der Waals surface area contributed by atoms with E-state index in [1.807, 2.05) is 6.92 Å². The van der Waals surface area contributed by atoms with Crippen molar-refractivity contribution in [2.45, 2.75) is 26.0 Å². The molecule has 1 unspecified atom stereocenters. The highest BCUT2D eigenvalue weighted by molar-refractivity contribution is 5.54. The van der Waals surface area contributed by atoms with Crippen molar-refractivity contribution in [1.82, 2.24) is 5.32 Å². The molecular formula is C13H20N2O. The van der Waals surface area contributed by atoms with Gasteiger partial charge >= 0.3 is 0 Å². The minimum absolute atomic E-state index is 0.219. The Labute approximate surface area is 97.1 Å². The van der Waals surface area contributed by atoms with Crippen molar-refractivity contribution in [2.24, 2.45) is 0 Å². The molecule has 3 heteroatoms. The minimum Gasteiger partial charge on any atom is -0.393 e. The highest BCUT2D eigenvalue weighted by Crippen LogP contribution is 2.22. The summed E-state index contributed by atoms with van der Waals surface area (Å²) in [5, 5.41) is 12.8. The number of nitrogens with zero attached hydrogens (tertiary/aromatic N) is 1. The van der Waals surface area contributed by atoms with Gasteiger partial charge in [0.05, 0.1) is 6.10 Å². The fourth-order valence-corrected chi connectivity index (χ4v) is 2.10. The first kappa shape index (κ1) is 11.4. The molecule has 0 aliphatic carbocycles. The summed E-state index contributed by atoms with van der Waals surface area (Å²) in [7, 11) is 0. The van der Waals surface area contributed by atoms with Gasteiger partial charge in [-0.15, -0.1) is 0 Å². The van der Waals surface area contributed by atoms with Gasteiger partial charge in [-0.25, -0.2) is 0 Å². The molecule has 1 aromatic rings. The normalized spacial score (nSPS) is 17.8. The Kier molecular flexibility index (Phi) is 3.80. The second-order valence-corrected chi connectivity index (χ2v) is 4.43. The van der Waals surface area contributed by atoms with E-state index < -0.39 is 0 Å². The molecule has 88 valence electrons. The Morgan fingerprint density at radius 2 is 2.25 bits per heavy atom. The number of rotatable bonds is 3. The van der Waals surface area contributed by atoms with E-state index in [0.717, 1.165) is 32.6 Å². The van der Waals surface area contributed by atoms with Gasteiger partial charge in [0.25, 0.3) is 0 Å². The summed E-state index contributed by atoms with van der Waals surface area (Å²) in [5.74, 6) is 0. The van der Waals surface area contributed by atoms with Crippen molar-refractivity contribution in [1.29, 1.82) is 0 Å². The molecule has 0 radical (unpaired) electrons. The van der Waals surface area contributed by atoms with Crippen LogP contribution in [0.25, 0.3) is 0 Å². The van der Waals surface area contributed by atoms with Gasteiger partial charge in [-0.1, -0.05) is 18.2 Å². The summed E-state index contributed by atoms with van der Waals surface area (Å²) >= 11 is 0. The van der Waals surface area contributed by atoms with Gasteiger partial charge in [-0.2, -0.15) is 0 Å². The van der Waals surface area contributed by atoms with Gasteiger partial charge in [0, 0.05) is 31.9 Å². The highest BCUT2D eigenvalue weighted by atomic mass is 16.3. The third kappa shape index (κ3) is 2.74. The molecule has 1 heterocycles. The third-order valence-corrected chi connectivity index (χ3v) is 3.02. The number of para-hydroxylation sites is 1. The summed E-state index contributed by atoms with van der Waals surface area (Å²) in [6, 6.07) is 8.51. The Morgan fingerprint density at radius 3 is 3.06 bits per heavy atom. The standard InChI is InChI=1S/C13H20N2O/c1-11(16)6-8-15-9-7-14-10-12-4-2-3-5-13(12)15/h2-5,11,14,16H,6-10H2,1H3. The molecule has 0 aromatic heterocycles. The average Bonchev–Trinajstić information content (AvgIpc) is 2.48. The van der Waals surface area contributed by atoms with Crippen LogP contribution in [0.3, 0.4) is 0 Å². The van der Waals surface area contributed by atoms with Crippen molar-refractivity contribution >= 4 is 5.69 Å². The maximum absolute atomic E-state index is 9.36. The maximum atomic E-state index is 9.36. The average molecular weight is 220 g/mol. The van der Waals surface area contributed by atoms with E-state index in [4.69, 9.17) is 0 Å². The van der Waals surface area contributed by atoms with Crippen LogP contribution in [-0.2, 0) is 6.54 Å². The molecule has 1 aliphatic heterocycles. The van der Waals surface area contributed by atoms with Crippen LogP contribution in [0, 0.1) is 0 Å². The fourth-order valence-electron chi connectivity index (χ4n) is 2.10. The zero-order chi connectivity index (χ0) is 11.4. The van der Waals surface area contributed by atoms with Crippen LogP contribution in [-0.4, -0.2) is 30.8 Å². The first-order chi connectivity index (χ1) is 7.77. The molecule has 0 saturated heterocycles. The van der Waals surface area contributed by atoms with Gasteiger partial charge in [0.2, 0.25) is 0 Å². The van der Waals surface area contributed by atoms with E-state index in [0.29, 0.717) is 0 Å². The highest BCUT2D eigenvalue weighted by Gasteiger charge is 2.14. The molecule has 16 heavy (non-hydrogen) atoms. The third-order valence-electron chi connectivity index (χ3n) is 3.02. The number of fused-ring (bicyclic) bond motifs is 1. The zero-order valence-corrected chi connectivity index (χ0v) is 9.82. The second kappa shape index (κ2) is 5.32. The van der Waals surface area contributed by atoms with Crippen LogP contribution in [0.15, 0.2) is 24.3 Å². The SMILES string of the molecule is CC(O)CCN1CCNCc2ccccc21. The van der Waals surface area contributed by atoms with Gasteiger partial charge in [0.1, 0.15) is 0 Å². The summed E-state index contributed by atoms with van der Waals surface area (Å²) < 4.78 is 0. The molecule has 1 atom stereocenters. The Bertz CT molecular complexity index is 338. The minimum atomic E-state index is -0.219. The molecule has 0 bridgehead atoms. The monoisotopic (exact) mass is 220 g/mol. The zero-order valence-electron chi connectivity index (χ0n) is 9.82. The lowest BCUT2D eigenvalue weighted by atomic mass is 10.1. The lowest BCUT2D eigenvalue weighted by Gasteiger charge is -2.25. The topological polar surface area (TPSA) is 35.5 Å². The fraction of sp³-hybridized carbons (Fsp3) is 0.538. The Hall–Kier alpha value is -1.06. The van der Waals surface area contributed by atoms with E-state index in [-0.39, 0.29) is 6.10 Å². The number of aliphatic hydroxyl groups excluding tert-OH is 1. The smallest absolute Gasteiger partial charge is 0.0528 e. The number of nitrogens with one attached hydrogen (secondary N) is 1. The van der Waals surface area contributed by atoms with Crippen LogP contribution in [0.4, 0.5) is 5.69 Å². The quantitative estimate of drug-likeness (QED) is 0.807. The van der Waals surface area contributed by atoms with Crippen molar-refractivity contribution in [3.05, 3.63) is 29.8 Å². The predicted molar refractivity (Wildman–Crippen MR) is 66.7 cm³/mol. The number of anilines is 1. The predicted octanol–water partition coefficient (Wildman–Crippen LogP) is 1.37. The van der Waals surface area contributed by atoms with Crippen molar-refractivity contribution in [2.75, 3.05) is 24.5 Å². The summed E-state index contributed by atoms with van der Waals surface area (Å²) in [4.78, 5) is 2.36. The van der Waals surface area contributed by atoms with Crippen LogP contribution in [0.2, 0.25) is 0 Å². The van der Waals surface area contributed by atoms with Crippen molar-refractivity contribution in [3.63, 3.8) is 0 Å². The van der Waals surface area contributed by atoms with Gasteiger partial charge in [0.15, 0.2) is 0 Å². The lowest BCUT2D eigenvalue weighted by molar-refractivity contribution is 0.186. The molecular weight excluding hydrogens is 200 g/mol. The molecule has 0 spiro atoms. The molecule has 0 fully saturated rings. The van der Waals surface area contributed by atoms with E-state index in [2.05, 4.69) is 34.5 Å². The number of aliphatic hydroxyl groups is 1. The molecule has 0 saturated carbocycles. The van der Waals surface area contributed by atoms with Crippen LogP contribution >= 0.6 is 0 Å². The van der Waals surface area contributed by atoms with Gasteiger partial charge in [-0.05, 0) is 25.0 Å². The number of hydrogen-bond donors (Lipinski definition) is 2. The first-order valence-corrected chi connectivity index (χ1v) is 5.99. The Morgan fingerprint density at radius 1 is 1.44 bits per heavy atom. The van der Waals surface area contributed by atoms with Crippen LogP contribution in [0.1, 0.15) is 18.9 Å². The Balaban J connectivity index is 2.12. The van der Waals surface area contributed by atoms with Crippen LogP contribution < -0.4 is 10.2 Å². The molecule has 2 rings (SSSR count). The summed E-state index contributed by atoms with van der Waals surface area (Å²) in [6.45, 7) is 5.75. The van der Waals surface area contributed by atoms with E-state index in [1.165, 1.54) is 11.3 Å². The first-order valence-electron chi connectivity index (χ1n) is 5.99. The van der Waals surface area contributed by atoms with Gasteiger partial charge < -0.3 is 15.3 Å². The van der Waals surface area contributed by atoms with Gasteiger partial charge in [-0.3, -0.25) is 0 Å². The van der Waals surface area contributed by atoms with E-state index in [9.17, 15) is 5.11 Å². The second-order valence-electron chi connectivity index (χ2n) is 4.43. The number of hydrogen-bond acceptors (Lipinski definition) is 3. The molecule has 1 aliphatic rings. The summed E-state index contributed by atoms with van der Waals surface area (Å²) in [5.41, 5.74) is 2.67. The molecule has 3 nitrogen and oxygen atoms in total. The number of benzene rings is 1. The molecule has 0 amide bonds.